The van der Waals surface area contributed by atoms with Gasteiger partial charge in [0.2, 0.25) is 5.91 Å². The van der Waals surface area contributed by atoms with Crippen LogP contribution in [0.15, 0.2) is 0 Å². The largest absolute Gasteiger partial charge is 0.345 e. The summed E-state index contributed by atoms with van der Waals surface area (Å²) < 4.78 is 0. The Hall–Kier alpha value is -0.180. The Labute approximate surface area is 67.0 Å². The molecule has 10 heavy (non-hydrogen) atoms. The minimum absolute atomic E-state index is 0.255. The molecule has 1 aliphatic heterocycles. The van der Waals surface area contributed by atoms with Crippen LogP contribution in [-0.4, -0.2) is 29.6 Å². The van der Waals surface area contributed by atoms with Crippen LogP contribution in [0, 0.1) is 5.92 Å². The molecule has 0 aromatic heterocycles. The van der Waals surface area contributed by atoms with Gasteiger partial charge in [0, 0.05) is 25.3 Å². The van der Waals surface area contributed by atoms with Crippen molar-refractivity contribution in [2.24, 2.45) is 5.92 Å². The normalized spacial score (nSPS) is 29.3. The maximum atomic E-state index is 11.0. The number of carbonyl (C=O) groups excluding carboxylic acids is 1. The van der Waals surface area contributed by atoms with Crippen LogP contribution in [0.1, 0.15) is 13.3 Å². The summed E-state index contributed by atoms with van der Waals surface area (Å²) in [5.41, 5.74) is 0. The molecule has 0 bridgehead atoms. The number of nitrogens with zero attached hydrogens (tertiary/aromatic N) is 1. The first-order valence-electron chi connectivity index (χ1n) is 3.53. The first-order valence-corrected chi connectivity index (χ1v) is 4.05. The van der Waals surface area contributed by atoms with Crippen LogP contribution in [0.4, 0.5) is 0 Å². The van der Waals surface area contributed by atoms with Crippen molar-refractivity contribution in [3.8, 4) is 0 Å². The predicted molar refractivity (Wildman–Crippen MR) is 44.2 cm³/mol. The number of thiol groups is 1. The molecule has 0 aromatic rings. The van der Waals surface area contributed by atoms with Gasteiger partial charge in [0.15, 0.2) is 0 Å². The van der Waals surface area contributed by atoms with E-state index in [2.05, 4.69) is 12.6 Å². The number of carbonyl (C=O) groups is 1. The summed E-state index contributed by atoms with van der Waals surface area (Å²) in [5, 5.41) is 0.342. The number of likely N-dealkylation sites (tertiary alicyclic amines) is 1. The zero-order chi connectivity index (χ0) is 7.72. The van der Waals surface area contributed by atoms with Gasteiger partial charge in [0.1, 0.15) is 0 Å². The molecule has 0 N–H and O–H groups in total. The van der Waals surface area contributed by atoms with E-state index in [9.17, 15) is 4.79 Å². The molecule has 0 radical (unpaired) electrons. The highest BCUT2D eigenvalue weighted by Gasteiger charge is 2.28. The monoisotopic (exact) mass is 159 g/mol. The van der Waals surface area contributed by atoms with E-state index >= 15 is 0 Å². The predicted octanol–water partition coefficient (Wildman–Crippen LogP) is 0.783. The third kappa shape index (κ3) is 1.45. The topological polar surface area (TPSA) is 20.3 Å². The van der Waals surface area contributed by atoms with Crippen LogP contribution in [0.5, 0.6) is 0 Å². The van der Waals surface area contributed by atoms with Crippen LogP contribution in [0.3, 0.4) is 0 Å². The minimum atomic E-state index is 0.255. The third-order valence-corrected chi connectivity index (χ3v) is 2.47. The van der Waals surface area contributed by atoms with E-state index in [1.165, 1.54) is 0 Å². The highest BCUT2D eigenvalue weighted by molar-refractivity contribution is 7.80. The SMILES string of the molecule is CC(S)C1CC(=O)N(C)C1. The van der Waals surface area contributed by atoms with Gasteiger partial charge >= 0.3 is 0 Å². The molecular weight excluding hydrogens is 146 g/mol. The van der Waals surface area contributed by atoms with Crippen molar-refractivity contribution in [3.05, 3.63) is 0 Å². The van der Waals surface area contributed by atoms with Gasteiger partial charge in [-0.1, -0.05) is 6.92 Å². The molecule has 3 heteroatoms. The fraction of sp³-hybridized carbons (Fsp3) is 0.857. The van der Waals surface area contributed by atoms with E-state index in [0.717, 1.165) is 6.54 Å². The molecule has 0 saturated carbocycles. The molecule has 58 valence electrons. The Morgan fingerprint density at radius 2 is 2.40 bits per heavy atom. The molecule has 1 saturated heterocycles. The van der Waals surface area contributed by atoms with Crippen LogP contribution >= 0.6 is 12.6 Å². The average Bonchev–Trinajstić information content (AvgIpc) is 2.13. The first-order chi connectivity index (χ1) is 4.61. The summed E-state index contributed by atoms with van der Waals surface area (Å²) in [7, 11) is 1.85. The van der Waals surface area contributed by atoms with Crippen molar-refractivity contribution >= 4 is 18.5 Å². The summed E-state index contributed by atoms with van der Waals surface area (Å²) in [6, 6.07) is 0. The Kier molecular flexibility index (Phi) is 2.24. The molecule has 1 amide bonds. The number of amides is 1. The highest BCUT2D eigenvalue weighted by Crippen LogP contribution is 2.22. The Morgan fingerprint density at radius 1 is 1.80 bits per heavy atom. The fourth-order valence-corrected chi connectivity index (χ4v) is 1.42. The van der Waals surface area contributed by atoms with Gasteiger partial charge in [0.25, 0.3) is 0 Å². The lowest BCUT2D eigenvalue weighted by molar-refractivity contribution is -0.126. The molecule has 0 aromatic carbocycles. The van der Waals surface area contributed by atoms with Crippen molar-refractivity contribution in [1.29, 1.82) is 0 Å². The van der Waals surface area contributed by atoms with Gasteiger partial charge in [-0.3, -0.25) is 4.79 Å². The van der Waals surface area contributed by atoms with E-state index < -0.39 is 0 Å². The second kappa shape index (κ2) is 2.82. The molecule has 1 heterocycles. The second-order valence-electron chi connectivity index (χ2n) is 2.98. The lowest BCUT2D eigenvalue weighted by atomic mass is 10.1. The molecule has 2 nitrogen and oxygen atoms in total. The van der Waals surface area contributed by atoms with Gasteiger partial charge in [-0.05, 0) is 5.92 Å². The molecule has 1 rings (SSSR count). The van der Waals surface area contributed by atoms with Gasteiger partial charge in [-0.25, -0.2) is 0 Å². The van der Waals surface area contributed by atoms with Crippen molar-refractivity contribution in [1.82, 2.24) is 4.90 Å². The van der Waals surface area contributed by atoms with Crippen molar-refractivity contribution in [2.75, 3.05) is 13.6 Å². The zero-order valence-corrected chi connectivity index (χ0v) is 7.27. The maximum Gasteiger partial charge on any atom is 0.222 e. The Balaban J connectivity index is 2.49. The molecule has 2 atom stereocenters. The van der Waals surface area contributed by atoms with E-state index in [1.807, 2.05) is 14.0 Å². The average molecular weight is 159 g/mol. The molecule has 0 spiro atoms. The number of hydrogen-bond donors (Lipinski definition) is 1. The van der Waals surface area contributed by atoms with Crippen LogP contribution in [-0.2, 0) is 4.79 Å². The molecule has 2 unspecified atom stereocenters. The summed E-state index contributed by atoms with van der Waals surface area (Å²) in [6.45, 7) is 2.92. The molecular formula is C7H13NOS. The van der Waals surface area contributed by atoms with Crippen LogP contribution < -0.4 is 0 Å². The molecule has 1 fully saturated rings. The Morgan fingerprint density at radius 3 is 2.60 bits per heavy atom. The molecule has 0 aliphatic carbocycles. The van der Waals surface area contributed by atoms with Gasteiger partial charge < -0.3 is 4.90 Å². The summed E-state index contributed by atoms with van der Waals surface area (Å²) in [6.07, 6.45) is 0.682. The van der Waals surface area contributed by atoms with Gasteiger partial charge in [0.05, 0.1) is 0 Å². The summed E-state index contributed by atoms with van der Waals surface area (Å²) >= 11 is 4.30. The van der Waals surface area contributed by atoms with Crippen molar-refractivity contribution < 1.29 is 4.79 Å². The van der Waals surface area contributed by atoms with E-state index in [4.69, 9.17) is 0 Å². The maximum absolute atomic E-state index is 11.0. The Bertz CT molecular complexity index is 147. The van der Waals surface area contributed by atoms with Crippen LogP contribution in [0.25, 0.3) is 0 Å². The van der Waals surface area contributed by atoms with Gasteiger partial charge in [-0.2, -0.15) is 12.6 Å². The fourth-order valence-electron chi connectivity index (χ4n) is 1.22. The lowest BCUT2D eigenvalue weighted by Crippen LogP contribution is -2.20. The van der Waals surface area contributed by atoms with Crippen molar-refractivity contribution in [3.63, 3.8) is 0 Å². The third-order valence-electron chi connectivity index (χ3n) is 2.05. The minimum Gasteiger partial charge on any atom is -0.345 e. The number of hydrogen-bond acceptors (Lipinski definition) is 2. The highest BCUT2D eigenvalue weighted by atomic mass is 32.1. The second-order valence-corrected chi connectivity index (χ2v) is 3.79. The van der Waals surface area contributed by atoms with E-state index in [-0.39, 0.29) is 5.91 Å². The van der Waals surface area contributed by atoms with E-state index in [0.29, 0.717) is 17.6 Å². The quantitative estimate of drug-likeness (QED) is 0.561. The van der Waals surface area contributed by atoms with Gasteiger partial charge in [-0.15, -0.1) is 0 Å². The zero-order valence-electron chi connectivity index (χ0n) is 6.37. The van der Waals surface area contributed by atoms with Crippen molar-refractivity contribution in [2.45, 2.75) is 18.6 Å². The summed E-state index contributed by atoms with van der Waals surface area (Å²) in [5.74, 6) is 0.715. The standard InChI is InChI=1S/C7H13NOS/c1-5(10)6-3-7(9)8(2)4-6/h5-6,10H,3-4H2,1-2H3. The lowest BCUT2D eigenvalue weighted by Gasteiger charge is -2.11. The smallest absolute Gasteiger partial charge is 0.222 e. The van der Waals surface area contributed by atoms with E-state index in [1.54, 1.807) is 4.90 Å². The number of rotatable bonds is 1. The molecule has 1 aliphatic rings. The summed E-state index contributed by atoms with van der Waals surface area (Å²) in [4.78, 5) is 12.8. The first kappa shape index (κ1) is 7.92. The van der Waals surface area contributed by atoms with Crippen LogP contribution in [0.2, 0.25) is 0 Å².